The fourth-order valence-electron chi connectivity index (χ4n) is 2.79. The van der Waals surface area contributed by atoms with Crippen LogP contribution in [0.25, 0.3) is 0 Å². The monoisotopic (exact) mass is 365 g/mol. The van der Waals surface area contributed by atoms with Gasteiger partial charge in [-0.2, -0.15) is 0 Å². The van der Waals surface area contributed by atoms with E-state index in [0.717, 1.165) is 16.7 Å². The quantitative estimate of drug-likeness (QED) is 0.716. The molecule has 0 spiro atoms. The second-order valence-electron chi connectivity index (χ2n) is 6.21. The number of rotatable bonds is 6. The van der Waals surface area contributed by atoms with Gasteiger partial charge in [0.1, 0.15) is 0 Å². The third kappa shape index (κ3) is 4.19. The molecule has 26 heavy (non-hydrogen) atoms. The molecule has 0 aliphatic carbocycles. The van der Waals surface area contributed by atoms with Crippen LogP contribution < -0.4 is 10.5 Å². The molecule has 3 aromatic carbocycles. The molecule has 4 nitrogen and oxygen atoms in total. The van der Waals surface area contributed by atoms with Gasteiger partial charge in [0, 0.05) is 0 Å². The molecule has 0 fully saturated rings. The van der Waals surface area contributed by atoms with Crippen LogP contribution in [0.4, 0.5) is 0 Å². The molecule has 3 aromatic rings. The third-order valence-electron chi connectivity index (χ3n) is 4.26. The molecule has 0 aliphatic heterocycles. The summed E-state index contributed by atoms with van der Waals surface area (Å²) in [4.78, 5) is 0.198. The van der Waals surface area contributed by atoms with Crippen LogP contribution in [0, 0.1) is 6.92 Å². The molecule has 133 valence electrons. The molecule has 2 N–H and O–H groups in total. The summed E-state index contributed by atoms with van der Waals surface area (Å²) in [5.74, 6) is 0. The van der Waals surface area contributed by atoms with Crippen molar-refractivity contribution >= 4 is 10.0 Å². The van der Waals surface area contributed by atoms with Gasteiger partial charge in [-0.15, -0.1) is 0 Å². The average Bonchev–Trinajstić information content (AvgIpc) is 2.67. The van der Waals surface area contributed by atoms with Crippen molar-refractivity contribution in [3.8, 4) is 0 Å². The van der Waals surface area contributed by atoms with E-state index in [0.29, 0.717) is 0 Å². The zero-order valence-electron chi connectivity index (χ0n) is 14.5. The number of hydrogen-bond acceptors (Lipinski definition) is 2. The lowest BCUT2D eigenvalue weighted by atomic mass is 9.95. The summed E-state index contributed by atoms with van der Waals surface area (Å²) in [7, 11) is -3.75. The molecule has 0 saturated carbocycles. The smallest absolute Gasteiger partial charge is 0.241 e. The largest absolute Gasteiger partial charge is 0.248 e. The standard InChI is InChI=1S/C21H21N2O2S/c1-16-12-14-19(15-13-16)26(24,25)23-21(18-10-6-3-7-11-18)20(22)17-8-4-2-5-9-17/h2-15,20-23H,1H3/t20-,21-/m1/s1. The second-order valence-corrected chi connectivity index (χ2v) is 7.93. The van der Waals surface area contributed by atoms with Gasteiger partial charge in [-0.1, -0.05) is 78.4 Å². The molecular formula is C21H21N2O2S. The Balaban J connectivity index is 1.97. The van der Waals surface area contributed by atoms with Crippen LogP contribution in [0.15, 0.2) is 89.8 Å². The van der Waals surface area contributed by atoms with Gasteiger partial charge in [0.2, 0.25) is 10.0 Å². The fraction of sp³-hybridized carbons (Fsp3) is 0.143. The highest BCUT2D eigenvalue weighted by molar-refractivity contribution is 7.89. The summed E-state index contributed by atoms with van der Waals surface area (Å²) in [6.45, 7) is 1.91. The van der Waals surface area contributed by atoms with Crippen LogP contribution in [0.1, 0.15) is 28.8 Å². The van der Waals surface area contributed by atoms with Crippen molar-refractivity contribution in [1.29, 1.82) is 0 Å². The molecule has 0 amide bonds. The van der Waals surface area contributed by atoms with E-state index < -0.39 is 22.1 Å². The Hall–Kier alpha value is -2.47. The SMILES string of the molecule is Cc1ccc(S(=O)(=O)N[C@H](c2ccccc2)[C@H]([NH])c2ccccc2)cc1. The first kappa shape index (κ1) is 18.3. The maximum absolute atomic E-state index is 12.9. The highest BCUT2D eigenvalue weighted by Gasteiger charge is 2.27. The van der Waals surface area contributed by atoms with Gasteiger partial charge in [0.15, 0.2) is 0 Å². The maximum atomic E-state index is 12.9. The number of sulfonamides is 1. The van der Waals surface area contributed by atoms with Crippen LogP contribution >= 0.6 is 0 Å². The van der Waals surface area contributed by atoms with E-state index in [9.17, 15) is 8.42 Å². The Morgan fingerprint density at radius 2 is 1.27 bits per heavy atom. The van der Waals surface area contributed by atoms with Gasteiger partial charge in [-0.3, -0.25) is 0 Å². The molecule has 3 rings (SSSR count). The van der Waals surface area contributed by atoms with Gasteiger partial charge < -0.3 is 0 Å². The van der Waals surface area contributed by atoms with Crippen molar-refractivity contribution in [2.75, 3.05) is 0 Å². The van der Waals surface area contributed by atoms with Crippen molar-refractivity contribution in [2.45, 2.75) is 23.9 Å². The topological polar surface area (TPSA) is 70.0 Å². The van der Waals surface area contributed by atoms with Crippen LogP contribution in [0.2, 0.25) is 0 Å². The molecule has 0 heterocycles. The zero-order valence-corrected chi connectivity index (χ0v) is 15.3. The van der Waals surface area contributed by atoms with E-state index in [-0.39, 0.29) is 4.90 Å². The highest BCUT2D eigenvalue weighted by Crippen LogP contribution is 2.29. The van der Waals surface area contributed by atoms with Crippen molar-refractivity contribution in [3.63, 3.8) is 0 Å². The Bertz CT molecular complexity index is 940. The molecule has 0 bridgehead atoms. The van der Waals surface area contributed by atoms with Gasteiger partial charge in [-0.25, -0.2) is 18.9 Å². The first-order valence-corrected chi connectivity index (χ1v) is 9.86. The molecule has 2 atom stereocenters. The van der Waals surface area contributed by atoms with Gasteiger partial charge in [0.05, 0.1) is 17.0 Å². The minimum absolute atomic E-state index is 0.198. The molecule has 1 radical (unpaired) electrons. The van der Waals surface area contributed by atoms with E-state index in [1.165, 1.54) is 0 Å². The minimum atomic E-state index is -3.75. The molecule has 0 aliphatic rings. The Morgan fingerprint density at radius 1 is 0.769 bits per heavy atom. The van der Waals surface area contributed by atoms with Crippen molar-refractivity contribution < 1.29 is 8.42 Å². The first-order chi connectivity index (χ1) is 12.5. The first-order valence-electron chi connectivity index (χ1n) is 8.37. The normalized spacial score (nSPS) is 13.9. The summed E-state index contributed by atoms with van der Waals surface area (Å²) >= 11 is 0. The number of hydrogen-bond donors (Lipinski definition) is 1. The second kappa shape index (κ2) is 7.83. The lowest BCUT2D eigenvalue weighted by Crippen LogP contribution is -2.33. The Labute approximate surface area is 154 Å². The van der Waals surface area contributed by atoms with Crippen LogP contribution in [-0.2, 0) is 10.0 Å². The molecule has 5 heteroatoms. The summed E-state index contributed by atoms with van der Waals surface area (Å²) in [5, 5.41) is 0. The van der Waals surface area contributed by atoms with Crippen LogP contribution in [0.5, 0.6) is 0 Å². The predicted molar refractivity (Wildman–Crippen MR) is 103 cm³/mol. The van der Waals surface area contributed by atoms with E-state index in [1.807, 2.05) is 67.6 Å². The molecule has 0 aromatic heterocycles. The highest BCUT2D eigenvalue weighted by atomic mass is 32.2. The van der Waals surface area contributed by atoms with E-state index >= 15 is 0 Å². The molecular weight excluding hydrogens is 344 g/mol. The van der Waals surface area contributed by atoms with E-state index in [2.05, 4.69) is 4.72 Å². The van der Waals surface area contributed by atoms with Crippen LogP contribution in [0.3, 0.4) is 0 Å². The zero-order chi connectivity index (χ0) is 18.6. The minimum Gasteiger partial charge on any atom is -0.248 e. The van der Waals surface area contributed by atoms with Crippen molar-refractivity contribution in [1.82, 2.24) is 10.5 Å². The Morgan fingerprint density at radius 3 is 1.81 bits per heavy atom. The summed E-state index contributed by atoms with van der Waals surface area (Å²) in [5.41, 5.74) is 11.2. The lowest BCUT2D eigenvalue weighted by Gasteiger charge is -2.25. The number of aryl methyl sites for hydroxylation is 1. The maximum Gasteiger partial charge on any atom is 0.241 e. The molecule has 0 saturated heterocycles. The third-order valence-corrected chi connectivity index (χ3v) is 5.72. The van der Waals surface area contributed by atoms with Gasteiger partial charge in [0.25, 0.3) is 0 Å². The average molecular weight is 365 g/mol. The van der Waals surface area contributed by atoms with Crippen molar-refractivity contribution in [3.05, 3.63) is 102 Å². The van der Waals surface area contributed by atoms with Crippen molar-refractivity contribution in [2.24, 2.45) is 0 Å². The van der Waals surface area contributed by atoms with Crippen LogP contribution in [-0.4, -0.2) is 8.42 Å². The fourth-order valence-corrected chi connectivity index (χ4v) is 4.03. The number of nitrogens with one attached hydrogen (secondary N) is 2. The summed E-state index contributed by atoms with van der Waals surface area (Å²) < 4.78 is 28.5. The van der Waals surface area contributed by atoms with E-state index in [4.69, 9.17) is 5.73 Å². The lowest BCUT2D eigenvalue weighted by molar-refractivity contribution is 0.495. The summed E-state index contributed by atoms with van der Waals surface area (Å²) in [6.07, 6.45) is 0. The van der Waals surface area contributed by atoms with Gasteiger partial charge in [-0.05, 0) is 30.2 Å². The predicted octanol–water partition coefficient (Wildman–Crippen LogP) is 4.04. The Kier molecular flexibility index (Phi) is 5.52. The van der Waals surface area contributed by atoms with E-state index in [1.54, 1.807) is 24.3 Å². The summed E-state index contributed by atoms with van der Waals surface area (Å²) in [6, 6.07) is 23.8. The van der Waals surface area contributed by atoms with Gasteiger partial charge >= 0.3 is 0 Å². The molecule has 0 unspecified atom stereocenters. The number of benzene rings is 3.